The lowest BCUT2D eigenvalue weighted by molar-refractivity contribution is -0.120. The number of carbonyl (C=O) groups excluding carboxylic acids is 1. The van der Waals surface area contributed by atoms with Gasteiger partial charge in [0.2, 0.25) is 5.91 Å². The number of ether oxygens (including phenoxy) is 2. The summed E-state index contributed by atoms with van der Waals surface area (Å²) in [6, 6.07) is 3.47. The highest BCUT2D eigenvalue weighted by molar-refractivity contribution is 6.32. The molecule has 0 aliphatic heterocycles. The number of hydrogen-bond acceptors (Lipinski definition) is 4. The lowest BCUT2D eigenvalue weighted by atomic mass is 10.2. The number of carbonyl (C=O) groups is 1. The number of halogens is 1. The Morgan fingerprint density at radius 1 is 1.26 bits per heavy atom. The average Bonchev–Trinajstić information content (AvgIpc) is 2.43. The number of rotatable bonds is 7. The van der Waals surface area contributed by atoms with Gasteiger partial charge in [-0.1, -0.05) is 11.6 Å². The molecule has 0 bridgehead atoms. The molecule has 0 fully saturated rings. The number of hydrogen-bond donors (Lipinski definition) is 2. The SMILES string of the molecule is CNC(=O)CCCNc1cc(OC)c(Cl)cc1OC. The number of benzene rings is 1. The van der Waals surface area contributed by atoms with Crippen LogP contribution in [-0.4, -0.2) is 33.7 Å². The maximum Gasteiger partial charge on any atom is 0.219 e. The van der Waals surface area contributed by atoms with Crippen LogP contribution in [-0.2, 0) is 4.79 Å². The quantitative estimate of drug-likeness (QED) is 0.755. The van der Waals surface area contributed by atoms with E-state index in [1.165, 1.54) is 0 Å². The molecule has 0 atom stereocenters. The molecule has 0 aliphatic carbocycles. The first-order valence-corrected chi connectivity index (χ1v) is 6.36. The molecule has 19 heavy (non-hydrogen) atoms. The minimum absolute atomic E-state index is 0.0300. The fraction of sp³-hybridized carbons (Fsp3) is 0.462. The molecule has 0 aromatic heterocycles. The van der Waals surface area contributed by atoms with E-state index in [1.807, 2.05) is 0 Å². The Labute approximate surface area is 118 Å². The second kappa shape index (κ2) is 7.74. The summed E-state index contributed by atoms with van der Waals surface area (Å²) >= 11 is 6.02. The number of nitrogens with one attached hydrogen (secondary N) is 2. The molecule has 1 rings (SSSR count). The lowest BCUT2D eigenvalue weighted by Gasteiger charge is -2.13. The topological polar surface area (TPSA) is 59.6 Å². The number of amides is 1. The van der Waals surface area contributed by atoms with Crippen molar-refractivity contribution < 1.29 is 14.3 Å². The largest absolute Gasteiger partial charge is 0.495 e. The third-order valence-electron chi connectivity index (χ3n) is 2.65. The maximum atomic E-state index is 11.1. The van der Waals surface area contributed by atoms with Gasteiger partial charge in [0.05, 0.1) is 24.9 Å². The van der Waals surface area contributed by atoms with Gasteiger partial charge in [0.1, 0.15) is 11.5 Å². The molecule has 0 unspecified atom stereocenters. The summed E-state index contributed by atoms with van der Waals surface area (Å²) in [6.45, 7) is 0.661. The Bertz CT molecular complexity index is 438. The van der Waals surface area contributed by atoms with Crippen molar-refractivity contribution in [3.05, 3.63) is 17.2 Å². The van der Waals surface area contributed by atoms with Gasteiger partial charge < -0.3 is 20.1 Å². The Morgan fingerprint density at radius 3 is 2.53 bits per heavy atom. The van der Waals surface area contributed by atoms with E-state index in [1.54, 1.807) is 33.4 Å². The van der Waals surface area contributed by atoms with Gasteiger partial charge in [0, 0.05) is 32.1 Å². The minimum atomic E-state index is 0.0300. The van der Waals surface area contributed by atoms with Gasteiger partial charge in [-0.25, -0.2) is 0 Å². The van der Waals surface area contributed by atoms with Gasteiger partial charge in [-0.3, -0.25) is 4.79 Å². The number of anilines is 1. The van der Waals surface area contributed by atoms with E-state index in [0.29, 0.717) is 29.5 Å². The summed E-state index contributed by atoms with van der Waals surface area (Å²) in [4.78, 5) is 11.1. The fourth-order valence-electron chi connectivity index (χ4n) is 1.60. The minimum Gasteiger partial charge on any atom is -0.495 e. The van der Waals surface area contributed by atoms with Crippen molar-refractivity contribution >= 4 is 23.2 Å². The van der Waals surface area contributed by atoms with Crippen molar-refractivity contribution in [3.63, 3.8) is 0 Å². The van der Waals surface area contributed by atoms with E-state index >= 15 is 0 Å². The summed E-state index contributed by atoms with van der Waals surface area (Å²) in [5, 5.41) is 6.28. The van der Waals surface area contributed by atoms with E-state index in [0.717, 1.165) is 12.1 Å². The molecule has 0 saturated heterocycles. The van der Waals surface area contributed by atoms with Crippen molar-refractivity contribution in [3.8, 4) is 11.5 Å². The third kappa shape index (κ3) is 4.52. The Kier molecular flexibility index (Phi) is 6.29. The van der Waals surface area contributed by atoms with Crippen LogP contribution in [0.2, 0.25) is 5.02 Å². The number of methoxy groups -OCH3 is 2. The Morgan fingerprint density at radius 2 is 1.95 bits per heavy atom. The van der Waals surface area contributed by atoms with Gasteiger partial charge in [-0.15, -0.1) is 0 Å². The van der Waals surface area contributed by atoms with Crippen LogP contribution in [0.25, 0.3) is 0 Å². The highest BCUT2D eigenvalue weighted by atomic mass is 35.5. The first-order chi connectivity index (χ1) is 9.12. The van der Waals surface area contributed by atoms with Gasteiger partial charge in [0.15, 0.2) is 0 Å². The van der Waals surface area contributed by atoms with Crippen molar-refractivity contribution in [2.75, 3.05) is 33.1 Å². The molecule has 0 radical (unpaired) electrons. The van der Waals surface area contributed by atoms with Crippen LogP contribution in [0.15, 0.2) is 12.1 Å². The molecule has 1 aromatic rings. The van der Waals surface area contributed by atoms with Crippen molar-refractivity contribution in [1.29, 1.82) is 0 Å². The Balaban J connectivity index is 2.63. The van der Waals surface area contributed by atoms with Crippen LogP contribution in [0.5, 0.6) is 11.5 Å². The van der Waals surface area contributed by atoms with Gasteiger partial charge in [-0.05, 0) is 6.42 Å². The van der Waals surface area contributed by atoms with Crippen molar-refractivity contribution in [2.45, 2.75) is 12.8 Å². The molecule has 0 heterocycles. The first kappa shape index (κ1) is 15.4. The van der Waals surface area contributed by atoms with Gasteiger partial charge in [-0.2, -0.15) is 0 Å². The molecule has 0 saturated carbocycles. The molecule has 1 amide bonds. The predicted molar refractivity (Wildman–Crippen MR) is 76.3 cm³/mol. The van der Waals surface area contributed by atoms with Gasteiger partial charge >= 0.3 is 0 Å². The third-order valence-corrected chi connectivity index (χ3v) is 2.94. The summed E-state index contributed by atoms with van der Waals surface area (Å²) in [6.07, 6.45) is 1.21. The summed E-state index contributed by atoms with van der Waals surface area (Å²) < 4.78 is 10.4. The summed E-state index contributed by atoms with van der Waals surface area (Å²) in [5.41, 5.74) is 0.792. The molecule has 0 spiro atoms. The van der Waals surface area contributed by atoms with E-state index < -0.39 is 0 Å². The van der Waals surface area contributed by atoms with Crippen LogP contribution >= 0.6 is 11.6 Å². The van der Waals surface area contributed by atoms with E-state index in [9.17, 15) is 4.79 Å². The molecule has 6 heteroatoms. The first-order valence-electron chi connectivity index (χ1n) is 5.98. The molecular weight excluding hydrogens is 268 g/mol. The van der Waals surface area contributed by atoms with Crippen LogP contribution in [0, 0.1) is 0 Å². The second-order valence-electron chi connectivity index (χ2n) is 3.89. The zero-order chi connectivity index (χ0) is 14.3. The fourth-order valence-corrected chi connectivity index (χ4v) is 1.83. The Hall–Kier alpha value is -1.62. The summed E-state index contributed by atoms with van der Waals surface area (Å²) in [5.74, 6) is 1.25. The lowest BCUT2D eigenvalue weighted by Crippen LogP contribution is -2.18. The molecule has 2 N–H and O–H groups in total. The van der Waals surface area contributed by atoms with Crippen LogP contribution in [0.3, 0.4) is 0 Å². The van der Waals surface area contributed by atoms with Crippen LogP contribution in [0.4, 0.5) is 5.69 Å². The standard InChI is InChI=1S/C13H19ClN2O3/c1-15-13(17)5-4-6-16-10-8-11(18-2)9(14)7-12(10)19-3/h7-8,16H,4-6H2,1-3H3,(H,15,17). The maximum absolute atomic E-state index is 11.1. The molecule has 106 valence electrons. The van der Waals surface area contributed by atoms with Crippen molar-refractivity contribution in [1.82, 2.24) is 5.32 Å². The van der Waals surface area contributed by atoms with Crippen LogP contribution < -0.4 is 20.1 Å². The average molecular weight is 287 g/mol. The highest BCUT2D eigenvalue weighted by Gasteiger charge is 2.09. The smallest absolute Gasteiger partial charge is 0.219 e. The molecule has 0 aliphatic rings. The van der Waals surface area contributed by atoms with Crippen molar-refractivity contribution in [2.24, 2.45) is 0 Å². The second-order valence-corrected chi connectivity index (χ2v) is 4.30. The summed E-state index contributed by atoms with van der Waals surface area (Å²) in [7, 11) is 4.76. The van der Waals surface area contributed by atoms with Crippen LogP contribution in [0.1, 0.15) is 12.8 Å². The van der Waals surface area contributed by atoms with E-state index in [-0.39, 0.29) is 5.91 Å². The zero-order valence-corrected chi connectivity index (χ0v) is 12.1. The van der Waals surface area contributed by atoms with Gasteiger partial charge in [0.25, 0.3) is 0 Å². The molecule has 5 nitrogen and oxygen atoms in total. The molecule has 1 aromatic carbocycles. The highest BCUT2D eigenvalue weighted by Crippen LogP contribution is 2.35. The van der Waals surface area contributed by atoms with E-state index in [4.69, 9.17) is 21.1 Å². The van der Waals surface area contributed by atoms with E-state index in [2.05, 4.69) is 10.6 Å². The monoisotopic (exact) mass is 286 g/mol. The normalized spacial score (nSPS) is 9.89. The predicted octanol–water partition coefficient (Wildman–Crippen LogP) is 2.30. The zero-order valence-electron chi connectivity index (χ0n) is 11.4. The molecular formula is C13H19ClN2O3.